The Bertz CT molecular complexity index is 1040. The summed E-state index contributed by atoms with van der Waals surface area (Å²) >= 11 is 0. The van der Waals surface area contributed by atoms with Crippen LogP contribution in [0.15, 0.2) is 29.2 Å². The second kappa shape index (κ2) is 9.69. The zero-order chi connectivity index (χ0) is 21.3. The van der Waals surface area contributed by atoms with E-state index in [1.54, 1.807) is 6.92 Å². The van der Waals surface area contributed by atoms with Gasteiger partial charge in [-0.1, -0.05) is 6.07 Å². The number of likely N-dealkylation sites (N-methyl/N-ethyl adjacent to an activating group) is 1. The minimum atomic E-state index is -1.13. The molecule has 0 saturated heterocycles. The Balaban J connectivity index is 0.00000320. The molecule has 0 saturated carbocycles. The first kappa shape index (κ1) is 24.0. The number of nitrogens with one attached hydrogen (secondary N) is 1. The largest absolute Gasteiger partial charge is 1.00 e. The van der Waals surface area contributed by atoms with Crippen LogP contribution in [0.5, 0.6) is 5.75 Å². The molecule has 1 unspecified atom stereocenters. The van der Waals surface area contributed by atoms with Crippen LogP contribution in [0.3, 0.4) is 0 Å². The third-order valence-electron chi connectivity index (χ3n) is 4.71. The van der Waals surface area contributed by atoms with Gasteiger partial charge in [0.2, 0.25) is 0 Å². The third kappa shape index (κ3) is 4.41. The van der Waals surface area contributed by atoms with Crippen molar-refractivity contribution in [3.05, 3.63) is 63.1 Å². The molecule has 0 aliphatic carbocycles. The number of halogens is 2. The van der Waals surface area contributed by atoms with Crippen molar-refractivity contribution in [3.8, 4) is 5.75 Å². The van der Waals surface area contributed by atoms with E-state index >= 15 is 0 Å². The van der Waals surface area contributed by atoms with E-state index in [9.17, 15) is 28.3 Å². The maximum Gasteiger partial charge on any atom is 1.00 e. The number of aromatic nitrogens is 1. The summed E-state index contributed by atoms with van der Waals surface area (Å²) < 4.78 is 33.1. The number of hydrogen-bond acceptors (Lipinski definition) is 5. The quantitative estimate of drug-likeness (QED) is 0.533. The Kier molecular flexibility index (Phi) is 7.75. The molecule has 2 aromatic rings. The fraction of sp³-hybridized carbons (Fsp3) is 0.316. The van der Waals surface area contributed by atoms with Crippen molar-refractivity contribution in [2.45, 2.75) is 26.2 Å². The van der Waals surface area contributed by atoms with Crippen LogP contribution < -0.4 is 45.4 Å². The zero-order valence-corrected chi connectivity index (χ0v) is 18.7. The Morgan fingerprint density at radius 2 is 2.03 bits per heavy atom. The van der Waals surface area contributed by atoms with Crippen molar-refractivity contribution in [1.29, 1.82) is 0 Å². The van der Waals surface area contributed by atoms with E-state index in [1.807, 2.05) is 0 Å². The van der Waals surface area contributed by atoms with Crippen LogP contribution in [-0.2, 0) is 17.8 Å². The van der Waals surface area contributed by atoms with Crippen molar-refractivity contribution < 1.29 is 57.8 Å². The summed E-state index contributed by atoms with van der Waals surface area (Å²) in [7, 11) is 1.40. The molecule has 0 spiro atoms. The number of amides is 2. The minimum Gasteiger partial charge on any atom is -0.868 e. The summed E-state index contributed by atoms with van der Waals surface area (Å²) in [4.78, 5) is 38.7. The van der Waals surface area contributed by atoms with E-state index in [0.29, 0.717) is 6.07 Å². The monoisotopic (exact) mass is 429 g/mol. The Hall–Kier alpha value is -2.27. The van der Waals surface area contributed by atoms with E-state index in [4.69, 9.17) is 4.74 Å². The van der Waals surface area contributed by atoms with Gasteiger partial charge in [0.05, 0.1) is 6.54 Å². The van der Waals surface area contributed by atoms with E-state index in [1.165, 1.54) is 16.6 Å². The van der Waals surface area contributed by atoms with Crippen molar-refractivity contribution in [2.24, 2.45) is 0 Å². The Morgan fingerprint density at radius 3 is 2.63 bits per heavy atom. The average Bonchev–Trinajstić information content (AvgIpc) is 2.69. The molecule has 0 radical (unpaired) electrons. The number of carbonyl (C=O) groups is 2. The number of rotatable bonds is 5. The summed E-state index contributed by atoms with van der Waals surface area (Å²) in [5, 5.41) is 14.8. The van der Waals surface area contributed by atoms with Gasteiger partial charge in [0, 0.05) is 38.0 Å². The van der Waals surface area contributed by atoms with E-state index in [2.05, 4.69) is 5.32 Å². The van der Waals surface area contributed by atoms with Gasteiger partial charge in [-0.2, -0.15) is 0 Å². The molecule has 30 heavy (non-hydrogen) atoms. The molecule has 154 valence electrons. The molecule has 1 aliphatic heterocycles. The van der Waals surface area contributed by atoms with Crippen molar-refractivity contribution >= 4 is 11.8 Å². The van der Waals surface area contributed by atoms with Gasteiger partial charge in [0.25, 0.3) is 11.8 Å². The van der Waals surface area contributed by atoms with Crippen molar-refractivity contribution in [1.82, 2.24) is 14.8 Å². The topological polar surface area (TPSA) is 104 Å². The van der Waals surface area contributed by atoms with Crippen LogP contribution in [0.25, 0.3) is 0 Å². The number of nitrogens with zero attached hydrogens (tertiary/aromatic N) is 2. The number of methoxy groups -OCH3 is 1. The standard InChI is InChI=1S/C19H19F2N3O5.Na/c1-3-24-14(29-2)9-23-8-12(16(25)17(26)15(23)19(24)28)18(27)22-7-10-4-5-11(20)6-13(10)21;/h4-6,8,14,26H,3,7,9H2,1-2H3,(H,22,27);/q;+1/p-1. The van der Waals surface area contributed by atoms with Gasteiger partial charge in [-0.25, -0.2) is 8.78 Å². The van der Waals surface area contributed by atoms with Crippen LogP contribution in [0.4, 0.5) is 8.78 Å². The van der Waals surface area contributed by atoms with Crippen LogP contribution in [0.1, 0.15) is 33.3 Å². The van der Waals surface area contributed by atoms with Gasteiger partial charge in [-0.3, -0.25) is 14.4 Å². The third-order valence-corrected chi connectivity index (χ3v) is 4.71. The number of pyridine rings is 1. The first-order valence-corrected chi connectivity index (χ1v) is 8.78. The number of carbonyl (C=O) groups excluding carboxylic acids is 2. The number of ether oxygens (including phenoxy) is 1. The SMILES string of the molecule is CCN1C(=O)c2c([O-])c(=O)c(C(=O)NCc3ccc(F)cc3F)cn2CC1OC.[Na+]. The molecule has 2 heterocycles. The van der Waals surface area contributed by atoms with E-state index < -0.39 is 46.4 Å². The number of fused-ring (bicyclic) bond motifs is 1. The zero-order valence-electron chi connectivity index (χ0n) is 16.7. The summed E-state index contributed by atoms with van der Waals surface area (Å²) in [5.41, 5.74) is -1.94. The molecule has 1 aliphatic rings. The van der Waals surface area contributed by atoms with Crippen LogP contribution in [0, 0.1) is 11.6 Å². The van der Waals surface area contributed by atoms with Gasteiger partial charge in [-0.05, 0) is 18.7 Å². The van der Waals surface area contributed by atoms with E-state index in [0.717, 1.165) is 18.3 Å². The molecule has 11 heteroatoms. The first-order chi connectivity index (χ1) is 13.8. The van der Waals surface area contributed by atoms with Gasteiger partial charge >= 0.3 is 29.6 Å². The molecule has 1 N–H and O–H groups in total. The van der Waals surface area contributed by atoms with Crippen LogP contribution >= 0.6 is 0 Å². The molecule has 3 rings (SSSR count). The number of benzene rings is 1. The summed E-state index contributed by atoms with van der Waals surface area (Å²) in [6, 6.07) is 2.86. The Morgan fingerprint density at radius 1 is 1.33 bits per heavy atom. The molecule has 8 nitrogen and oxygen atoms in total. The van der Waals surface area contributed by atoms with Gasteiger partial charge < -0.3 is 24.6 Å². The number of hydrogen-bond donors (Lipinski definition) is 1. The second-order valence-electron chi connectivity index (χ2n) is 6.40. The molecule has 2 amide bonds. The predicted molar refractivity (Wildman–Crippen MR) is 95.2 cm³/mol. The summed E-state index contributed by atoms with van der Waals surface area (Å²) in [6.45, 7) is 1.73. The summed E-state index contributed by atoms with van der Waals surface area (Å²) in [6.07, 6.45) is 0.456. The molecule has 1 aromatic heterocycles. The molecule has 0 bridgehead atoms. The summed E-state index contributed by atoms with van der Waals surface area (Å²) in [5.74, 6) is -4.28. The Labute approximate surface area is 192 Å². The van der Waals surface area contributed by atoms with Crippen LogP contribution in [-0.4, -0.2) is 41.2 Å². The van der Waals surface area contributed by atoms with E-state index in [-0.39, 0.29) is 60.4 Å². The predicted octanol–water partition coefficient (Wildman–Crippen LogP) is -2.42. The molecular weight excluding hydrogens is 411 g/mol. The maximum atomic E-state index is 13.7. The van der Waals surface area contributed by atoms with Gasteiger partial charge in [0.15, 0.2) is 5.43 Å². The van der Waals surface area contributed by atoms with Crippen molar-refractivity contribution in [3.63, 3.8) is 0 Å². The fourth-order valence-corrected chi connectivity index (χ4v) is 3.18. The normalized spacial score (nSPS) is 15.4. The molecule has 1 aromatic carbocycles. The molecule has 0 fully saturated rings. The molecular formula is C19H18F2N3NaO5. The average molecular weight is 429 g/mol. The van der Waals surface area contributed by atoms with Crippen molar-refractivity contribution in [2.75, 3.05) is 13.7 Å². The first-order valence-electron chi connectivity index (χ1n) is 8.78. The fourth-order valence-electron chi connectivity index (χ4n) is 3.18. The second-order valence-corrected chi connectivity index (χ2v) is 6.40. The van der Waals surface area contributed by atoms with Gasteiger partial charge in [0.1, 0.15) is 29.1 Å². The minimum absolute atomic E-state index is 0. The maximum absolute atomic E-state index is 13.7. The van der Waals surface area contributed by atoms with Gasteiger partial charge in [-0.15, -0.1) is 0 Å². The smallest absolute Gasteiger partial charge is 0.868 e. The van der Waals surface area contributed by atoms with Crippen LogP contribution in [0.2, 0.25) is 0 Å². The molecule has 1 atom stereocenters.